The van der Waals surface area contributed by atoms with Crippen molar-refractivity contribution in [2.75, 3.05) is 26.2 Å². The minimum atomic E-state index is 0.679. The summed E-state index contributed by atoms with van der Waals surface area (Å²) >= 11 is 0. The molecule has 2 N–H and O–H groups in total. The van der Waals surface area contributed by atoms with E-state index in [1.807, 2.05) is 0 Å². The van der Waals surface area contributed by atoms with E-state index < -0.39 is 0 Å². The number of likely N-dealkylation sites (tertiary alicyclic amines) is 1. The van der Waals surface area contributed by atoms with Gasteiger partial charge in [0.15, 0.2) is 0 Å². The van der Waals surface area contributed by atoms with Gasteiger partial charge in [0.25, 0.3) is 0 Å². The zero-order valence-corrected chi connectivity index (χ0v) is 11.4. The highest BCUT2D eigenvalue weighted by Gasteiger charge is 2.19. The molecule has 1 rings (SSSR count). The molecule has 0 aliphatic carbocycles. The molecule has 1 saturated heterocycles. The molecule has 2 unspecified atom stereocenters. The summed E-state index contributed by atoms with van der Waals surface area (Å²) < 4.78 is 0. The summed E-state index contributed by atoms with van der Waals surface area (Å²) in [6.07, 6.45) is 5.57. The summed E-state index contributed by atoms with van der Waals surface area (Å²) in [6.45, 7) is 11.6. The van der Waals surface area contributed by atoms with Crippen molar-refractivity contribution in [1.82, 2.24) is 4.90 Å². The first kappa shape index (κ1) is 14.0. The van der Waals surface area contributed by atoms with Crippen molar-refractivity contribution in [3.63, 3.8) is 0 Å². The minimum Gasteiger partial charge on any atom is -0.330 e. The van der Waals surface area contributed by atoms with E-state index in [-0.39, 0.29) is 0 Å². The number of nitrogens with zero attached hydrogens (tertiary/aromatic N) is 1. The first-order valence-corrected chi connectivity index (χ1v) is 7.09. The average molecular weight is 226 g/mol. The van der Waals surface area contributed by atoms with Crippen molar-refractivity contribution in [2.24, 2.45) is 23.5 Å². The van der Waals surface area contributed by atoms with Crippen LogP contribution in [0, 0.1) is 17.8 Å². The standard InChI is InChI=1S/C14H30N2/c1-4-13-6-5-8-16(9-7-13)11-14(10-15)12(2)3/h12-14H,4-11,15H2,1-3H3. The van der Waals surface area contributed by atoms with Crippen molar-refractivity contribution in [3.8, 4) is 0 Å². The zero-order chi connectivity index (χ0) is 12.0. The lowest BCUT2D eigenvalue weighted by atomic mass is 9.95. The van der Waals surface area contributed by atoms with Crippen LogP contribution in [0.2, 0.25) is 0 Å². The molecule has 0 aromatic rings. The van der Waals surface area contributed by atoms with Crippen LogP contribution in [0.25, 0.3) is 0 Å². The van der Waals surface area contributed by atoms with Crippen LogP contribution in [-0.4, -0.2) is 31.1 Å². The SMILES string of the molecule is CCC1CCCN(CC(CN)C(C)C)CC1. The van der Waals surface area contributed by atoms with Crippen LogP contribution in [-0.2, 0) is 0 Å². The number of nitrogens with two attached hydrogens (primary N) is 1. The lowest BCUT2D eigenvalue weighted by Gasteiger charge is -2.27. The second-order valence-electron chi connectivity index (χ2n) is 5.75. The van der Waals surface area contributed by atoms with Gasteiger partial charge in [-0.05, 0) is 56.7 Å². The molecule has 1 heterocycles. The van der Waals surface area contributed by atoms with Gasteiger partial charge in [-0.1, -0.05) is 27.2 Å². The van der Waals surface area contributed by atoms with E-state index in [0.29, 0.717) is 5.92 Å². The molecule has 0 radical (unpaired) electrons. The first-order valence-electron chi connectivity index (χ1n) is 7.09. The monoisotopic (exact) mass is 226 g/mol. The Kier molecular flexibility index (Phi) is 6.37. The van der Waals surface area contributed by atoms with Crippen molar-refractivity contribution in [3.05, 3.63) is 0 Å². The normalized spacial score (nSPS) is 25.7. The Morgan fingerprint density at radius 3 is 2.56 bits per heavy atom. The number of rotatable bonds is 5. The molecule has 0 aromatic heterocycles. The summed E-state index contributed by atoms with van der Waals surface area (Å²) in [5.74, 6) is 2.37. The van der Waals surface area contributed by atoms with Crippen LogP contribution in [0.3, 0.4) is 0 Å². The highest BCUT2D eigenvalue weighted by molar-refractivity contribution is 4.74. The summed E-state index contributed by atoms with van der Waals surface area (Å²) in [6, 6.07) is 0. The average Bonchev–Trinajstić information content (AvgIpc) is 2.50. The van der Waals surface area contributed by atoms with Crippen LogP contribution in [0.15, 0.2) is 0 Å². The third-order valence-electron chi connectivity index (χ3n) is 4.26. The molecule has 16 heavy (non-hydrogen) atoms. The maximum atomic E-state index is 5.86. The molecule has 1 aliphatic heterocycles. The summed E-state index contributed by atoms with van der Waals surface area (Å²) in [5.41, 5.74) is 5.86. The van der Waals surface area contributed by atoms with Crippen molar-refractivity contribution in [2.45, 2.75) is 46.5 Å². The Morgan fingerprint density at radius 1 is 1.25 bits per heavy atom. The van der Waals surface area contributed by atoms with E-state index >= 15 is 0 Å². The van der Waals surface area contributed by atoms with Gasteiger partial charge >= 0.3 is 0 Å². The fraction of sp³-hybridized carbons (Fsp3) is 1.00. The molecule has 2 heteroatoms. The Labute approximate surface area is 102 Å². The van der Waals surface area contributed by atoms with Gasteiger partial charge in [0.2, 0.25) is 0 Å². The van der Waals surface area contributed by atoms with Crippen LogP contribution < -0.4 is 5.73 Å². The summed E-state index contributed by atoms with van der Waals surface area (Å²) in [7, 11) is 0. The zero-order valence-electron chi connectivity index (χ0n) is 11.4. The molecule has 0 spiro atoms. The topological polar surface area (TPSA) is 29.3 Å². The van der Waals surface area contributed by atoms with Gasteiger partial charge in [-0.25, -0.2) is 0 Å². The summed E-state index contributed by atoms with van der Waals surface area (Å²) in [4.78, 5) is 2.65. The van der Waals surface area contributed by atoms with Gasteiger partial charge < -0.3 is 10.6 Å². The van der Waals surface area contributed by atoms with Gasteiger partial charge in [0.05, 0.1) is 0 Å². The maximum absolute atomic E-state index is 5.86. The predicted octanol–water partition coefficient (Wildman–Crippen LogP) is 2.73. The van der Waals surface area contributed by atoms with E-state index in [0.717, 1.165) is 18.4 Å². The van der Waals surface area contributed by atoms with E-state index in [2.05, 4.69) is 25.7 Å². The van der Waals surface area contributed by atoms with Crippen LogP contribution >= 0.6 is 0 Å². The Bertz CT molecular complexity index is 180. The third kappa shape index (κ3) is 4.42. The molecule has 0 amide bonds. The molecule has 2 nitrogen and oxygen atoms in total. The highest BCUT2D eigenvalue weighted by Crippen LogP contribution is 2.21. The fourth-order valence-electron chi connectivity index (χ4n) is 2.70. The fourth-order valence-corrected chi connectivity index (χ4v) is 2.70. The number of hydrogen-bond acceptors (Lipinski definition) is 2. The highest BCUT2D eigenvalue weighted by atomic mass is 15.1. The molecule has 0 saturated carbocycles. The largest absolute Gasteiger partial charge is 0.330 e. The van der Waals surface area contributed by atoms with Gasteiger partial charge in [0, 0.05) is 6.54 Å². The van der Waals surface area contributed by atoms with Crippen molar-refractivity contribution in [1.29, 1.82) is 0 Å². The van der Waals surface area contributed by atoms with E-state index in [9.17, 15) is 0 Å². The second-order valence-corrected chi connectivity index (χ2v) is 5.75. The molecule has 0 aromatic carbocycles. The van der Waals surface area contributed by atoms with Crippen molar-refractivity contribution < 1.29 is 0 Å². The van der Waals surface area contributed by atoms with E-state index in [4.69, 9.17) is 5.73 Å². The van der Waals surface area contributed by atoms with Crippen LogP contribution in [0.1, 0.15) is 46.5 Å². The van der Waals surface area contributed by atoms with E-state index in [1.54, 1.807) is 0 Å². The molecule has 2 atom stereocenters. The Hall–Kier alpha value is -0.0800. The Balaban J connectivity index is 2.36. The second kappa shape index (κ2) is 7.29. The summed E-state index contributed by atoms with van der Waals surface area (Å²) in [5, 5.41) is 0. The van der Waals surface area contributed by atoms with Gasteiger partial charge in [0.1, 0.15) is 0 Å². The van der Waals surface area contributed by atoms with Gasteiger partial charge in [-0.15, -0.1) is 0 Å². The molecule has 0 bridgehead atoms. The van der Waals surface area contributed by atoms with Gasteiger partial charge in [-0.3, -0.25) is 0 Å². The predicted molar refractivity (Wildman–Crippen MR) is 71.5 cm³/mol. The smallest absolute Gasteiger partial charge is 0.00242 e. The molecular formula is C14H30N2. The van der Waals surface area contributed by atoms with Crippen LogP contribution in [0.4, 0.5) is 0 Å². The molecule has 1 aliphatic rings. The quantitative estimate of drug-likeness (QED) is 0.781. The third-order valence-corrected chi connectivity index (χ3v) is 4.26. The van der Waals surface area contributed by atoms with Gasteiger partial charge in [-0.2, -0.15) is 0 Å². The molecule has 1 fully saturated rings. The lowest BCUT2D eigenvalue weighted by Crippen LogP contribution is -2.36. The van der Waals surface area contributed by atoms with Crippen LogP contribution in [0.5, 0.6) is 0 Å². The molecular weight excluding hydrogens is 196 g/mol. The first-order chi connectivity index (χ1) is 7.67. The minimum absolute atomic E-state index is 0.679. The van der Waals surface area contributed by atoms with E-state index in [1.165, 1.54) is 45.3 Å². The van der Waals surface area contributed by atoms with Crippen molar-refractivity contribution >= 4 is 0 Å². The lowest BCUT2D eigenvalue weighted by molar-refractivity contribution is 0.208. The Morgan fingerprint density at radius 2 is 2.00 bits per heavy atom. The molecule has 96 valence electrons. The maximum Gasteiger partial charge on any atom is 0.00242 e. The number of hydrogen-bond donors (Lipinski definition) is 1.